The number of hydrogen-bond acceptors (Lipinski definition) is 3. The minimum absolute atomic E-state index is 0.285. The molecular formula is C16H10BrF3O2S. The number of carbonyl (C=O) groups is 1. The monoisotopic (exact) mass is 402 g/mol. The third-order valence-electron chi connectivity index (χ3n) is 3.36. The van der Waals surface area contributed by atoms with Gasteiger partial charge in [-0.15, -0.1) is 0 Å². The normalized spacial score (nSPS) is 20.8. The van der Waals surface area contributed by atoms with Crippen LogP contribution in [-0.4, -0.2) is 12.1 Å². The first-order valence-electron chi connectivity index (χ1n) is 6.63. The predicted molar refractivity (Wildman–Crippen MR) is 84.2 cm³/mol. The van der Waals surface area contributed by atoms with Gasteiger partial charge < -0.3 is 4.74 Å². The highest BCUT2D eigenvalue weighted by molar-refractivity contribution is 9.10. The Bertz CT molecular complexity index is 746. The molecule has 1 unspecified atom stereocenters. The Morgan fingerprint density at radius 2 is 1.74 bits per heavy atom. The third kappa shape index (κ3) is 3.40. The molecule has 3 rings (SSSR count). The molecule has 2 aromatic rings. The summed E-state index contributed by atoms with van der Waals surface area (Å²) in [6, 6.07) is 12.8. The molecule has 1 heterocycles. The highest BCUT2D eigenvalue weighted by atomic mass is 79.9. The molecule has 0 saturated carbocycles. The van der Waals surface area contributed by atoms with Crippen molar-refractivity contribution in [2.45, 2.75) is 22.4 Å². The van der Waals surface area contributed by atoms with Crippen molar-refractivity contribution in [2.75, 3.05) is 0 Å². The molecule has 0 aromatic heterocycles. The molecule has 1 aliphatic rings. The molecule has 23 heavy (non-hydrogen) atoms. The molecule has 0 N–H and O–H groups in total. The van der Waals surface area contributed by atoms with Gasteiger partial charge in [0.15, 0.2) is 4.93 Å². The first-order chi connectivity index (χ1) is 10.8. The highest BCUT2D eigenvalue weighted by Gasteiger charge is 2.50. The second kappa shape index (κ2) is 5.87. The number of fused-ring (bicyclic) bond motifs is 1. The van der Waals surface area contributed by atoms with Crippen molar-refractivity contribution in [2.24, 2.45) is 0 Å². The minimum Gasteiger partial charge on any atom is -0.439 e. The SMILES string of the molecule is O=C1OC(CC(F)(F)F)(c2ccc(Br)cc2)Sc2ccccc21. The number of benzene rings is 2. The average molecular weight is 403 g/mol. The lowest BCUT2D eigenvalue weighted by Gasteiger charge is -2.37. The van der Waals surface area contributed by atoms with E-state index in [4.69, 9.17) is 4.74 Å². The van der Waals surface area contributed by atoms with E-state index in [1.807, 2.05) is 0 Å². The lowest BCUT2D eigenvalue weighted by atomic mass is 10.0. The molecule has 0 amide bonds. The molecule has 0 bridgehead atoms. The van der Waals surface area contributed by atoms with Crippen molar-refractivity contribution < 1.29 is 22.7 Å². The van der Waals surface area contributed by atoms with Crippen LogP contribution in [0.4, 0.5) is 13.2 Å². The van der Waals surface area contributed by atoms with Gasteiger partial charge in [-0.3, -0.25) is 0 Å². The molecule has 0 saturated heterocycles. The van der Waals surface area contributed by atoms with E-state index in [0.29, 0.717) is 10.5 Å². The Morgan fingerprint density at radius 3 is 2.39 bits per heavy atom. The zero-order valence-corrected chi connectivity index (χ0v) is 14.0. The van der Waals surface area contributed by atoms with E-state index in [2.05, 4.69) is 15.9 Å². The maximum absolute atomic E-state index is 13.1. The summed E-state index contributed by atoms with van der Waals surface area (Å²) in [4.78, 5) is 10.9. The van der Waals surface area contributed by atoms with Crippen LogP contribution in [0.3, 0.4) is 0 Å². The Labute approximate surface area is 143 Å². The van der Waals surface area contributed by atoms with E-state index in [1.165, 1.54) is 12.1 Å². The van der Waals surface area contributed by atoms with Crippen molar-refractivity contribution in [3.8, 4) is 0 Å². The Hall–Kier alpha value is -1.47. The second-order valence-electron chi connectivity index (χ2n) is 5.04. The maximum Gasteiger partial charge on any atom is 0.394 e. The number of esters is 1. The number of halogens is 4. The maximum atomic E-state index is 13.1. The fraction of sp³-hybridized carbons (Fsp3) is 0.188. The highest BCUT2D eigenvalue weighted by Crippen LogP contribution is 2.53. The quantitative estimate of drug-likeness (QED) is 0.618. The number of alkyl halides is 3. The second-order valence-corrected chi connectivity index (χ2v) is 7.26. The molecule has 1 aliphatic heterocycles. The summed E-state index contributed by atoms with van der Waals surface area (Å²) < 4.78 is 45.4. The van der Waals surface area contributed by atoms with E-state index < -0.39 is 23.5 Å². The minimum atomic E-state index is -4.48. The van der Waals surface area contributed by atoms with Crippen molar-refractivity contribution >= 4 is 33.7 Å². The van der Waals surface area contributed by atoms with Gasteiger partial charge in [-0.2, -0.15) is 13.2 Å². The molecule has 0 aliphatic carbocycles. The molecule has 1 atom stereocenters. The van der Waals surface area contributed by atoms with Gasteiger partial charge in [0.25, 0.3) is 0 Å². The fourth-order valence-corrected chi connectivity index (χ4v) is 4.02. The van der Waals surface area contributed by atoms with Gasteiger partial charge in [-0.25, -0.2) is 4.79 Å². The van der Waals surface area contributed by atoms with E-state index >= 15 is 0 Å². The Morgan fingerprint density at radius 1 is 1.09 bits per heavy atom. The van der Waals surface area contributed by atoms with E-state index in [9.17, 15) is 18.0 Å². The summed E-state index contributed by atoms with van der Waals surface area (Å²) in [5.74, 6) is -0.744. The van der Waals surface area contributed by atoms with Crippen LogP contribution < -0.4 is 0 Å². The number of cyclic esters (lactones) is 1. The molecule has 0 radical (unpaired) electrons. The lowest BCUT2D eigenvalue weighted by molar-refractivity contribution is -0.161. The standard InChI is InChI=1S/C16H10BrF3O2S/c17-11-7-5-10(6-8-11)15(9-16(18,19)20)22-14(21)12-3-1-2-4-13(12)23-15/h1-8H,9H2. The Balaban J connectivity index is 2.11. The van der Waals surface area contributed by atoms with Gasteiger partial charge in [-0.1, -0.05) is 52.0 Å². The molecule has 120 valence electrons. The summed E-state index contributed by atoms with van der Waals surface area (Å²) in [7, 11) is 0. The summed E-state index contributed by atoms with van der Waals surface area (Å²) in [5, 5.41) is 0. The van der Waals surface area contributed by atoms with Gasteiger partial charge >= 0.3 is 12.1 Å². The van der Waals surface area contributed by atoms with Crippen LogP contribution in [0.1, 0.15) is 22.3 Å². The molecule has 0 spiro atoms. The smallest absolute Gasteiger partial charge is 0.394 e. The van der Waals surface area contributed by atoms with Crippen LogP contribution in [0.25, 0.3) is 0 Å². The van der Waals surface area contributed by atoms with E-state index in [1.54, 1.807) is 36.4 Å². The predicted octanol–water partition coefficient (Wildman–Crippen LogP) is 5.52. The van der Waals surface area contributed by atoms with Crippen molar-refractivity contribution in [1.29, 1.82) is 0 Å². The average Bonchev–Trinajstić information content (AvgIpc) is 2.46. The number of ether oxygens (including phenoxy) is 1. The fourth-order valence-electron chi connectivity index (χ4n) is 2.39. The molecule has 0 fully saturated rings. The van der Waals surface area contributed by atoms with Crippen molar-refractivity contribution in [3.63, 3.8) is 0 Å². The summed E-state index contributed by atoms with van der Waals surface area (Å²) in [6.07, 6.45) is -5.74. The first-order valence-corrected chi connectivity index (χ1v) is 8.24. The zero-order valence-electron chi connectivity index (χ0n) is 11.6. The van der Waals surface area contributed by atoms with E-state index in [0.717, 1.165) is 16.2 Å². The van der Waals surface area contributed by atoms with Gasteiger partial charge in [0.1, 0.15) is 0 Å². The zero-order chi connectivity index (χ0) is 16.7. The lowest BCUT2D eigenvalue weighted by Crippen LogP contribution is -2.37. The molecule has 2 aromatic carbocycles. The summed E-state index contributed by atoms with van der Waals surface area (Å²) in [5.41, 5.74) is 0.582. The first kappa shape index (κ1) is 16.4. The van der Waals surface area contributed by atoms with Crippen LogP contribution in [0.2, 0.25) is 0 Å². The van der Waals surface area contributed by atoms with Crippen molar-refractivity contribution in [1.82, 2.24) is 0 Å². The van der Waals surface area contributed by atoms with Crippen LogP contribution >= 0.6 is 27.7 Å². The molecular weight excluding hydrogens is 393 g/mol. The van der Waals surface area contributed by atoms with E-state index in [-0.39, 0.29) is 5.56 Å². The van der Waals surface area contributed by atoms with Crippen LogP contribution in [0, 0.1) is 0 Å². The topological polar surface area (TPSA) is 26.3 Å². The van der Waals surface area contributed by atoms with Gasteiger partial charge in [0.2, 0.25) is 0 Å². The number of thioether (sulfide) groups is 1. The number of rotatable bonds is 2. The third-order valence-corrected chi connectivity index (χ3v) is 5.25. The van der Waals surface area contributed by atoms with Crippen LogP contribution in [0.5, 0.6) is 0 Å². The number of carbonyl (C=O) groups excluding carboxylic acids is 1. The number of hydrogen-bond donors (Lipinski definition) is 0. The largest absolute Gasteiger partial charge is 0.439 e. The Kier molecular flexibility index (Phi) is 4.18. The van der Waals surface area contributed by atoms with Crippen molar-refractivity contribution in [3.05, 3.63) is 64.1 Å². The van der Waals surface area contributed by atoms with Gasteiger partial charge in [0.05, 0.1) is 12.0 Å². The molecule has 2 nitrogen and oxygen atoms in total. The molecule has 7 heteroatoms. The summed E-state index contributed by atoms with van der Waals surface area (Å²) >= 11 is 4.17. The van der Waals surface area contributed by atoms with Crippen LogP contribution in [0.15, 0.2) is 57.9 Å². The van der Waals surface area contributed by atoms with Crippen LogP contribution in [-0.2, 0) is 9.67 Å². The van der Waals surface area contributed by atoms with Gasteiger partial charge in [0, 0.05) is 14.9 Å². The van der Waals surface area contributed by atoms with Gasteiger partial charge in [-0.05, 0) is 24.3 Å². The summed E-state index contributed by atoms with van der Waals surface area (Å²) in [6.45, 7) is 0.